The third-order valence-corrected chi connectivity index (χ3v) is 4.71. The second-order valence-corrected chi connectivity index (χ2v) is 6.54. The fraction of sp³-hybridized carbons (Fsp3) is 0.286. The average Bonchev–Trinajstić information content (AvgIpc) is 2.38. The maximum absolute atomic E-state index is 5.33. The summed E-state index contributed by atoms with van der Waals surface area (Å²) in [6, 6.07) is 8.28. The quantitative estimate of drug-likeness (QED) is 0.614. The van der Waals surface area contributed by atoms with E-state index < -0.39 is 0 Å². The van der Waals surface area contributed by atoms with Crippen LogP contribution in [0.25, 0.3) is 0 Å². The summed E-state index contributed by atoms with van der Waals surface area (Å²) in [5.41, 5.74) is 2.28. The van der Waals surface area contributed by atoms with E-state index in [2.05, 4.69) is 51.9 Å². The van der Waals surface area contributed by atoms with Crippen molar-refractivity contribution in [3.8, 4) is 0 Å². The van der Waals surface area contributed by atoms with Gasteiger partial charge in [-0.3, -0.25) is 0 Å². The Morgan fingerprint density at radius 3 is 2.58 bits per heavy atom. The van der Waals surface area contributed by atoms with Crippen LogP contribution in [0.15, 0.2) is 33.6 Å². The Hall–Kier alpha value is -0.650. The zero-order valence-corrected chi connectivity index (χ0v) is 14.1. The lowest BCUT2D eigenvalue weighted by Gasteiger charge is -2.07. The molecule has 0 radical (unpaired) electrons. The fourth-order valence-corrected chi connectivity index (χ4v) is 3.28. The number of nitrogens with one attached hydrogen (secondary N) is 1. The molecule has 0 atom stereocenters. The van der Waals surface area contributed by atoms with Crippen molar-refractivity contribution in [1.82, 2.24) is 9.97 Å². The summed E-state index contributed by atoms with van der Waals surface area (Å²) < 4.78 is 1.82. The van der Waals surface area contributed by atoms with Gasteiger partial charge in [0.05, 0.1) is 5.75 Å². The molecule has 0 aliphatic heterocycles. The number of rotatable bonds is 4. The van der Waals surface area contributed by atoms with Crippen LogP contribution in [0.1, 0.15) is 24.0 Å². The SMILES string of the molecule is CCc1c(C)[nH]c(CSc2ccc(Br)cc2)nc1=S. The minimum absolute atomic E-state index is 0.727. The van der Waals surface area contributed by atoms with Crippen molar-refractivity contribution in [2.45, 2.75) is 30.9 Å². The number of hydrogen-bond donors (Lipinski definition) is 1. The van der Waals surface area contributed by atoms with Gasteiger partial charge in [0.1, 0.15) is 10.5 Å². The topological polar surface area (TPSA) is 28.7 Å². The first-order valence-corrected chi connectivity index (χ1v) is 8.26. The zero-order chi connectivity index (χ0) is 13.8. The van der Waals surface area contributed by atoms with Crippen molar-refractivity contribution in [2.24, 2.45) is 0 Å². The summed E-state index contributed by atoms with van der Waals surface area (Å²) in [5.74, 6) is 1.74. The summed E-state index contributed by atoms with van der Waals surface area (Å²) in [5, 5.41) is 0. The Kier molecular flexibility index (Phi) is 5.19. The molecule has 0 aliphatic carbocycles. The molecular weight excluding hydrogens is 340 g/mol. The third kappa shape index (κ3) is 3.91. The molecule has 0 spiro atoms. The molecule has 5 heteroatoms. The van der Waals surface area contributed by atoms with Crippen LogP contribution in [0.3, 0.4) is 0 Å². The molecule has 19 heavy (non-hydrogen) atoms. The third-order valence-electron chi connectivity index (χ3n) is 2.82. The number of benzene rings is 1. The summed E-state index contributed by atoms with van der Waals surface area (Å²) >= 11 is 10.5. The number of H-pyrrole nitrogens is 1. The van der Waals surface area contributed by atoms with E-state index in [0.29, 0.717) is 0 Å². The van der Waals surface area contributed by atoms with Gasteiger partial charge in [-0.25, -0.2) is 4.98 Å². The molecule has 0 bridgehead atoms. The van der Waals surface area contributed by atoms with E-state index in [1.807, 2.05) is 12.1 Å². The molecule has 0 unspecified atom stereocenters. The Balaban J connectivity index is 2.12. The first-order chi connectivity index (χ1) is 9.10. The number of aromatic nitrogens is 2. The number of aryl methyl sites for hydroxylation is 1. The lowest BCUT2D eigenvalue weighted by atomic mass is 10.2. The van der Waals surface area contributed by atoms with Crippen molar-refractivity contribution in [2.75, 3.05) is 0 Å². The molecule has 1 aromatic carbocycles. The molecule has 0 aliphatic rings. The molecule has 0 saturated heterocycles. The second kappa shape index (κ2) is 6.68. The Morgan fingerprint density at radius 2 is 2.00 bits per heavy atom. The van der Waals surface area contributed by atoms with Gasteiger partial charge in [0.25, 0.3) is 0 Å². The van der Waals surface area contributed by atoms with Gasteiger partial charge >= 0.3 is 0 Å². The highest BCUT2D eigenvalue weighted by atomic mass is 79.9. The average molecular weight is 355 g/mol. The number of hydrogen-bond acceptors (Lipinski definition) is 3. The number of halogens is 1. The minimum atomic E-state index is 0.727. The van der Waals surface area contributed by atoms with Gasteiger partial charge in [-0.1, -0.05) is 35.1 Å². The van der Waals surface area contributed by atoms with Crippen molar-refractivity contribution in [1.29, 1.82) is 0 Å². The molecule has 1 heterocycles. The van der Waals surface area contributed by atoms with Gasteiger partial charge in [-0.15, -0.1) is 11.8 Å². The molecule has 0 saturated carbocycles. The monoisotopic (exact) mass is 354 g/mol. The number of thioether (sulfide) groups is 1. The summed E-state index contributed by atoms with van der Waals surface area (Å²) in [6.45, 7) is 4.16. The van der Waals surface area contributed by atoms with Gasteiger partial charge in [0.15, 0.2) is 0 Å². The van der Waals surface area contributed by atoms with Gasteiger partial charge in [-0.05, 0) is 37.6 Å². The van der Waals surface area contributed by atoms with E-state index in [-0.39, 0.29) is 0 Å². The minimum Gasteiger partial charge on any atom is -0.346 e. The van der Waals surface area contributed by atoms with Crippen molar-refractivity contribution in [3.05, 3.63) is 50.5 Å². The second-order valence-electron chi connectivity index (χ2n) is 4.19. The van der Waals surface area contributed by atoms with E-state index in [9.17, 15) is 0 Å². The molecule has 0 fully saturated rings. The Bertz CT molecular complexity index is 620. The highest BCUT2D eigenvalue weighted by Gasteiger charge is 2.04. The highest BCUT2D eigenvalue weighted by Crippen LogP contribution is 2.23. The number of nitrogens with zero attached hydrogens (tertiary/aromatic N) is 1. The Morgan fingerprint density at radius 1 is 1.32 bits per heavy atom. The van der Waals surface area contributed by atoms with Crippen molar-refractivity contribution >= 4 is 39.9 Å². The highest BCUT2D eigenvalue weighted by molar-refractivity contribution is 9.10. The normalized spacial score (nSPS) is 10.7. The fourth-order valence-electron chi connectivity index (χ4n) is 1.84. The van der Waals surface area contributed by atoms with Crippen LogP contribution >= 0.6 is 39.9 Å². The zero-order valence-electron chi connectivity index (χ0n) is 10.9. The molecular formula is C14H15BrN2S2. The molecule has 0 amide bonds. The summed E-state index contributed by atoms with van der Waals surface area (Å²) in [7, 11) is 0. The van der Waals surface area contributed by atoms with Crippen LogP contribution in [0.4, 0.5) is 0 Å². The molecule has 2 nitrogen and oxygen atoms in total. The maximum atomic E-state index is 5.33. The smallest absolute Gasteiger partial charge is 0.133 e. The lowest BCUT2D eigenvalue weighted by molar-refractivity contribution is 0.927. The van der Waals surface area contributed by atoms with E-state index >= 15 is 0 Å². The van der Waals surface area contributed by atoms with Gasteiger partial charge in [0, 0.05) is 20.6 Å². The lowest BCUT2D eigenvalue weighted by Crippen LogP contribution is -2.01. The van der Waals surface area contributed by atoms with E-state index in [4.69, 9.17) is 12.2 Å². The van der Waals surface area contributed by atoms with Gasteiger partial charge < -0.3 is 4.98 Å². The molecule has 2 rings (SSSR count). The van der Waals surface area contributed by atoms with Crippen molar-refractivity contribution in [3.63, 3.8) is 0 Å². The first kappa shape index (κ1) is 14.8. The van der Waals surface area contributed by atoms with Gasteiger partial charge in [-0.2, -0.15) is 0 Å². The van der Waals surface area contributed by atoms with Crippen LogP contribution < -0.4 is 0 Å². The maximum Gasteiger partial charge on any atom is 0.133 e. The van der Waals surface area contributed by atoms with E-state index in [0.717, 1.165) is 38.4 Å². The van der Waals surface area contributed by atoms with Crippen LogP contribution in [-0.2, 0) is 12.2 Å². The molecule has 1 aromatic heterocycles. The van der Waals surface area contributed by atoms with Gasteiger partial charge in [0.2, 0.25) is 0 Å². The largest absolute Gasteiger partial charge is 0.346 e. The first-order valence-electron chi connectivity index (χ1n) is 6.07. The molecule has 2 aromatic rings. The van der Waals surface area contributed by atoms with Crippen molar-refractivity contribution < 1.29 is 0 Å². The van der Waals surface area contributed by atoms with Crippen LogP contribution in [-0.4, -0.2) is 9.97 Å². The Labute approximate surface area is 131 Å². The van der Waals surface area contributed by atoms with Crippen LogP contribution in [0, 0.1) is 11.6 Å². The van der Waals surface area contributed by atoms with Crippen LogP contribution in [0.2, 0.25) is 0 Å². The predicted molar refractivity (Wildman–Crippen MR) is 87.2 cm³/mol. The standard InChI is InChI=1S/C14H15BrN2S2/c1-3-12-9(2)16-13(17-14(12)18)8-19-11-6-4-10(15)5-7-11/h4-7H,3,8H2,1-2H3,(H,16,17,18). The summed E-state index contributed by atoms with van der Waals surface area (Å²) in [4.78, 5) is 9.03. The number of aromatic amines is 1. The van der Waals surface area contributed by atoms with E-state index in [1.165, 1.54) is 4.90 Å². The molecule has 100 valence electrons. The molecule has 1 N–H and O–H groups in total. The predicted octanol–water partition coefficient (Wildman–Crippen LogP) is 5.06. The summed E-state index contributed by atoms with van der Waals surface area (Å²) in [6.07, 6.45) is 0.925. The van der Waals surface area contributed by atoms with Crippen LogP contribution in [0.5, 0.6) is 0 Å². The van der Waals surface area contributed by atoms with E-state index in [1.54, 1.807) is 11.8 Å².